The molecule has 100 valence electrons. The molecule has 1 unspecified atom stereocenters. The fraction of sp³-hybridized carbons (Fsp3) is 0.467. The van der Waals surface area contributed by atoms with Crippen molar-refractivity contribution in [1.82, 2.24) is 5.32 Å². The second-order valence-electron chi connectivity index (χ2n) is 4.02. The van der Waals surface area contributed by atoms with Crippen molar-refractivity contribution < 1.29 is 9.47 Å². The summed E-state index contributed by atoms with van der Waals surface area (Å²) >= 11 is 0. The van der Waals surface area contributed by atoms with E-state index in [9.17, 15) is 0 Å². The summed E-state index contributed by atoms with van der Waals surface area (Å²) in [6.07, 6.45) is 4.19. The van der Waals surface area contributed by atoms with Crippen LogP contribution in [0.2, 0.25) is 0 Å². The number of hydrogen-bond donors (Lipinski definition) is 1. The third-order valence-electron chi connectivity index (χ3n) is 2.60. The fourth-order valence-electron chi connectivity index (χ4n) is 1.79. The van der Waals surface area contributed by atoms with Gasteiger partial charge in [-0.2, -0.15) is 0 Å². The predicted octanol–water partition coefficient (Wildman–Crippen LogP) is 3.11. The highest BCUT2D eigenvalue weighted by Gasteiger charge is 2.07. The molecule has 18 heavy (non-hydrogen) atoms. The average Bonchev–Trinajstić information content (AvgIpc) is 2.37. The normalized spacial score (nSPS) is 12.7. The molecule has 0 aliphatic rings. The zero-order chi connectivity index (χ0) is 13.4. The van der Waals surface area contributed by atoms with E-state index in [2.05, 4.69) is 31.3 Å². The minimum absolute atomic E-state index is 0.343. The van der Waals surface area contributed by atoms with E-state index in [-0.39, 0.29) is 0 Å². The van der Waals surface area contributed by atoms with Gasteiger partial charge in [-0.3, -0.25) is 0 Å². The molecule has 1 N–H and O–H groups in total. The summed E-state index contributed by atoms with van der Waals surface area (Å²) in [6, 6.07) is 6.27. The van der Waals surface area contributed by atoms with Crippen molar-refractivity contribution in [2.24, 2.45) is 0 Å². The number of hydrogen-bond acceptors (Lipinski definition) is 3. The van der Waals surface area contributed by atoms with E-state index in [1.54, 1.807) is 7.11 Å². The fourth-order valence-corrected chi connectivity index (χ4v) is 1.79. The molecule has 0 heterocycles. The number of nitrogens with one attached hydrogen (secondary N) is 1. The van der Waals surface area contributed by atoms with Crippen molar-refractivity contribution >= 4 is 6.08 Å². The molecular formula is C15H23NO2. The van der Waals surface area contributed by atoms with E-state index >= 15 is 0 Å². The zero-order valence-electron chi connectivity index (χ0n) is 11.7. The van der Waals surface area contributed by atoms with Gasteiger partial charge in [0.2, 0.25) is 0 Å². The van der Waals surface area contributed by atoms with E-state index < -0.39 is 0 Å². The molecule has 0 aromatic heterocycles. The summed E-state index contributed by atoms with van der Waals surface area (Å²) in [5, 5.41) is 3.33. The molecule has 3 heteroatoms. The molecule has 0 fully saturated rings. The molecule has 1 aromatic carbocycles. The van der Waals surface area contributed by atoms with Crippen molar-refractivity contribution in [2.75, 3.05) is 20.3 Å². The quantitative estimate of drug-likeness (QED) is 0.805. The third-order valence-corrected chi connectivity index (χ3v) is 2.60. The number of ether oxygens (including phenoxy) is 2. The summed E-state index contributed by atoms with van der Waals surface area (Å²) in [5.41, 5.74) is 1.04. The zero-order valence-corrected chi connectivity index (χ0v) is 11.7. The predicted molar refractivity (Wildman–Crippen MR) is 76.3 cm³/mol. The van der Waals surface area contributed by atoms with Crippen LogP contribution in [0.15, 0.2) is 24.3 Å². The summed E-state index contributed by atoms with van der Waals surface area (Å²) in [5.74, 6) is 1.58. The Labute approximate surface area is 110 Å². The van der Waals surface area contributed by atoms with Crippen molar-refractivity contribution in [1.29, 1.82) is 0 Å². The first-order chi connectivity index (χ1) is 8.72. The van der Waals surface area contributed by atoms with Crippen molar-refractivity contribution in [3.8, 4) is 11.5 Å². The van der Waals surface area contributed by atoms with Gasteiger partial charge in [0, 0.05) is 11.6 Å². The molecule has 0 radical (unpaired) electrons. The van der Waals surface area contributed by atoms with Gasteiger partial charge >= 0.3 is 0 Å². The molecule has 0 saturated heterocycles. The maximum absolute atomic E-state index is 5.55. The van der Waals surface area contributed by atoms with Crippen LogP contribution in [0.25, 0.3) is 6.08 Å². The Kier molecular flexibility index (Phi) is 6.29. The number of methoxy groups -OCH3 is 1. The Balaban J connectivity index is 2.90. The lowest BCUT2D eigenvalue weighted by Gasteiger charge is -2.12. The van der Waals surface area contributed by atoms with Crippen LogP contribution in [0, 0.1) is 0 Å². The first-order valence-electron chi connectivity index (χ1n) is 6.44. The number of benzene rings is 1. The minimum Gasteiger partial charge on any atom is -0.492 e. The monoisotopic (exact) mass is 249 g/mol. The summed E-state index contributed by atoms with van der Waals surface area (Å²) in [6.45, 7) is 7.79. The van der Waals surface area contributed by atoms with Gasteiger partial charge in [-0.25, -0.2) is 0 Å². The average molecular weight is 249 g/mol. The molecule has 0 saturated carbocycles. The topological polar surface area (TPSA) is 30.5 Å². The highest BCUT2D eigenvalue weighted by molar-refractivity contribution is 5.62. The largest absolute Gasteiger partial charge is 0.492 e. The Morgan fingerprint density at radius 3 is 2.72 bits per heavy atom. The molecule has 0 bridgehead atoms. The van der Waals surface area contributed by atoms with Gasteiger partial charge in [-0.15, -0.1) is 0 Å². The lowest BCUT2D eigenvalue weighted by Crippen LogP contribution is -2.22. The molecule has 1 atom stereocenters. The van der Waals surface area contributed by atoms with Crippen LogP contribution in [0.4, 0.5) is 0 Å². The van der Waals surface area contributed by atoms with Crippen LogP contribution in [-0.4, -0.2) is 26.3 Å². The standard InChI is InChI=1S/C15H23NO2/c1-5-16-12(3)10-11-13-8-7-9-14(18-6-2)15(13)17-4/h7-12,16H,5-6H2,1-4H3/b11-10+. The molecule has 3 nitrogen and oxygen atoms in total. The van der Waals surface area contributed by atoms with E-state index in [0.717, 1.165) is 23.6 Å². The van der Waals surface area contributed by atoms with E-state index in [1.165, 1.54) is 0 Å². The molecule has 0 spiro atoms. The molecule has 0 aliphatic heterocycles. The van der Waals surface area contributed by atoms with Gasteiger partial charge in [0.15, 0.2) is 11.5 Å². The Bertz CT molecular complexity index is 388. The second-order valence-corrected chi connectivity index (χ2v) is 4.02. The van der Waals surface area contributed by atoms with Crippen molar-refractivity contribution in [3.05, 3.63) is 29.8 Å². The summed E-state index contributed by atoms with van der Waals surface area (Å²) in [7, 11) is 1.67. The summed E-state index contributed by atoms with van der Waals surface area (Å²) in [4.78, 5) is 0. The van der Waals surface area contributed by atoms with Crippen LogP contribution < -0.4 is 14.8 Å². The molecule has 0 amide bonds. The SMILES string of the molecule is CCNC(C)/C=C/c1cccc(OCC)c1OC. The maximum Gasteiger partial charge on any atom is 0.167 e. The minimum atomic E-state index is 0.343. The first-order valence-corrected chi connectivity index (χ1v) is 6.44. The smallest absolute Gasteiger partial charge is 0.167 e. The van der Waals surface area contributed by atoms with Crippen molar-refractivity contribution in [3.63, 3.8) is 0 Å². The molecular weight excluding hydrogens is 226 g/mol. The Hall–Kier alpha value is -1.48. The molecule has 1 aromatic rings. The van der Waals surface area contributed by atoms with Crippen molar-refractivity contribution in [2.45, 2.75) is 26.8 Å². The van der Waals surface area contributed by atoms with Crippen LogP contribution in [0.1, 0.15) is 26.3 Å². The molecule has 1 rings (SSSR count). The highest BCUT2D eigenvalue weighted by Crippen LogP contribution is 2.31. The van der Waals surface area contributed by atoms with Crippen LogP contribution in [0.5, 0.6) is 11.5 Å². The molecule has 0 aliphatic carbocycles. The third kappa shape index (κ3) is 4.08. The lowest BCUT2D eigenvalue weighted by molar-refractivity contribution is 0.310. The van der Waals surface area contributed by atoms with Gasteiger partial charge in [0.1, 0.15) is 0 Å². The van der Waals surface area contributed by atoms with Gasteiger partial charge in [0.05, 0.1) is 13.7 Å². The Morgan fingerprint density at radius 1 is 1.33 bits per heavy atom. The first kappa shape index (κ1) is 14.6. The number of rotatable bonds is 7. The van der Waals surface area contributed by atoms with E-state index in [0.29, 0.717) is 12.6 Å². The number of para-hydroxylation sites is 1. The maximum atomic E-state index is 5.55. The van der Waals surface area contributed by atoms with Gasteiger partial charge < -0.3 is 14.8 Å². The highest BCUT2D eigenvalue weighted by atomic mass is 16.5. The van der Waals surface area contributed by atoms with Crippen LogP contribution >= 0.6 is 0 Å². The van der Waals surface area contributed by atoms with Crippen LogP contribution in [0.3, 0.4) is 0 Å². The second kappa shape index (κ2) is 7.77. The summed E-state index contributed by atoms with van der Waals surface area (Å²) < 4.78 is 11.0. The van der Waals surface area contributed by atoms with Gasteiger partial charge in [0.25, 0.3) is 0 Å². The van der Waals surface area contributed by atoms with Gasteiger partial charge in [-0.1, -0.05) is 31.2 Å². The lowest BCUT2D eigenvalue weighted by atomic mass is 10.1. The Morgan fingerprint density at radius 2 is 2.11 bits per heavy atom. The van der Waals surface area contributed by atoms with Crippen LogP contribution in [-0.2, 0) is 0 Å². The van der Waals surface area contributed by atoms with E-state index in [4.69, 9.17) is 9.47 Å². The number of likely N-dealkylation sites (N-methyl/N-ethyl adjacent to an activating group) is 1. The van der Waals surface area contributed by atoms with E-state index in [1.807, 2.05) is 25.1 Å². The van der Waals surface area contributed by atoms with Gasteiger partial charge in [-0.05, 0) is 26.5 Å².